The summed E-state index contributed by atoms with van der Waals surface area (Å²) in [6, 6.07) is 0. The number of nitrogens with zero attached hydrogens (tertiary/aromatic N) is 4. The quantitative estimate of drug-likeness (QED) is 0.201. The fraction of sp³-hybridized carbons (Fsp3) is 0.643. The van der Waals surface area contributed by atoms with Crippen molar-refractivity contribution in [3.63, 3.8) is 0 Å². The molecule has 4 atom stereocenters. The maximum Gasteiger partial charge on any atom is 0.469 e. The molecule has 0 spiro atoms. The van der Waals surface area contributed by atoms with E-state index >= 15 is 0 Å². The van der Waals surface area contributed by atoms with Crippen LogP contribution in [0.15, 0.2) is 12.7 Å². The minimum atomic E-state index is -4.72. The number of ether oxygens (including phenoxy) is 1. The van der Waals surface area contributed by atoms with Crippen LogP contribution in [0.1, 0.15) is 13.2 Å². The first kappa shape index (κ1) is 24.5. The van der Waals surface area contributed by atoms with Gasteiger partial charge in [0, 0.05) is 0 Å². The highest BCUT2D eigenvalue weighted by atomic mass is 31.2. The third kappa shape index (κ3) is 5.89. The molecule has 2 aromatic heterocycles. The topological polar surface area (TPSA) is 253 Å². The van der Waals surface area contributed by atoms with Gasteiger partial charge in [-0.25, -0.2) is 19.5 Å². The van der Waals surface area contributed by atoms with E-state index in [0.717, 1.165) is 0 Å². The predicted molar refractivity (Wildman–Crippen MR) is 100 cm³/mol. The molecule has 0 unspecified atom stereocenters. The van der Waals surface area contributed by atoms with E-state index in [9.17, 15) is 14.8 Å². The molecule has 15 nitrogen and oxygen atoms in total. The lowest BCUT2D eigenvalue weighted by Gasteiger charge is -2.16. The van der Waals surface area contributed by atoms with Crippen LogP contribution in [0.4, 0.5) is 5.82 Å². The fourth-order valence-corrected chi connectivity index (χ4v) is 2.71. The summed E-state index contributed by atoms with van der Waals surface area (Å²) in [5.74, 6) is 0.142. The Hall–Kier alpha value is -1.78. The van der Waals surface area contributed by atoms with Gasteiger partial charge < -0.3 is 46.4 Å². The van der Waals surface area contributed by atoms with E-state index in [1.165, 1.54) is 17.2 Å². The molecule has 1 aliphatic heterocycles. The number of phosphoric ester groups is 1. The number of phosphoric acid groups is 1. The summed E-state index contributed by atoms with van der Waals surface area (Å²) < 4.78 is 21.8. The summed E-state index contributed by atoms with van der Waals surface area (Å²) in [6.07, 6.45) is -2.49. The lowest BCUT2D eigenvalue weighted by atomic mass is 10.1. The molecule has 170 valence electrons. The second-order valence-corrected chi connectivity index (χ2v) is 8.13. The van der Waals surface area contributed by atoms with Crippen LogP contribution in [0, 0.1) is 0 Å². The third-order valence-corrected chi connectivity index (χ3v) is 4.61. The molecule has 1 fully saturated rings. The highest BCUT2D eigenvalue weighted by Gasteiger charge is 2.45. The van der Waals surface area contributed by atoms with E-state index in [1.54, 1.807) is 6.92 Å². The Bertz CT molecular complexity index is 884. The van der Waals surface area contributed by atoms with Crippen molar-refractivity contribution in [2.45, 2.75) is 37.0 Å². The number of aliphatic hydroxyl groups is 4. The zero-order valence-corrected chi connectivity index (χ0v) is 16.8. The van der Waals surface area contributed by atoms with Crippen molar-refractivity contribution in [3.05, 3.63) is 12.7 Å². The molecule has 3 heterocycles. The van der Waals surface area contributed by atoms with Crippen molar-refractivity contribution in [1.82, 2.24) is 19.5 Å². The Morgan fingerprint density at radius 3 is 2.40 bits per heavy atom. The average Bonchev–Trinajstić information content (AvgIpc) is 3.23. The summed E-state index contributed by atoms with van der Waals surface area (Å²) in [6.45, 7) is 0.628. The van der Waals surface area contributed by atoms with Crippen molar-refractivity contribution in [2.75, 3.05) is 25.6 Å². The average molecular weight is 452 g/mol. The lowest BCUT2D eigenvalue weighted by molar-refractivity contribution is -0.0504. The largest absolute Gasteiger partial charge is 0.469 e. The molecule has 0 radical (unpaired) electrons. The molecule has 1 saturated heterocycles. The zero-order chi connectivity index (χ0) is 22.7. The SMILES string of the molecule is CC(N)(CO)CO.Nc1ncnc2c1ncn2[C@@H]1O[C@H](COP(=O)(O)O)[C@@H](O)[C@H]1O. The van der Waals surface area contributed by atoms with Crippen LogP contribution in [-0.2, 0) is 13.8 Å². The van der Waals surface area contributed by atoms with Crippen molar-refractivity contribution >= 4 is 24.8 Å². The van der Waals surface area contributed by atoms with Crippen molar-refractivity contribution < 1.29 is 44.0 Å². The number of fused-ring (bicyclic) bond motifs is 1. The lowest BCUT2D eigenvalue weighted by Crippen LogP contribution is -2.43. The van der Waals surface area contributed by atoms with Gasteiger partial charge in [-0.15, -0.1) is 0 Å². The standard InChI is InChI=1S/C10H14N5O7P.C4H11NO2/c11-8-5-9(13-2-12-8)15(3-14-5)10-7(17)6(16)4(22-10)1-21-23(18,19)20;1-4(5,2-6)3-7/h2-4,6-7,10,16-17H,1H2,(H2,11,12,13)(H2,18,19,20);6-7H,2-3,5H2,1H3/t4-,6-,7-,10-;/m1./s1. The first-order valence-electron chi connectivity index (χ1n) is 8.55. The number of rotatable bonds is 6. The number of imidazole rings is 1. The highest BCUT2D eigenvalue weighted by molar-refractivity contribution is 7.46. The Morgan fingerprint density at radius 1 is 1.23 bits per heavy atom. The van der Waals surface area contributed by atoms with Gasteiger partial charge in [0.25, 0.3) is 0 Å². The van der Waals surface area contributed by atoms with E-state index in [1.807, 2.05) is 0 Å². The van der Waals surface area contributed by atoms with Crippen LogP contribution in [0.5, 0.6) is 0 Å². The first-order chi connectivity index (χ1) is 13.9. The molecule has 0 bridgehead atoms. The molecule has 0 saturated carbocycles. The molecule has 3 rings (SSSR count). The van der Waals surface area contributed by atoms with Crippen LogP contribution >= 0.6 is 7.82 Å². The van der Waals surface area contributed by atoms with Gasteiger partial charge in [-0.3, -0.25) is 9.09 Å². The zero-order valence-electron chi connectivity index (χ0n) is 15.9. The van der Waals surface area contributed by atoms with Gasteiger partial charge in [0.15, 0.2) is 17.7 Å². The van der Waals surface area contributed by atoms with E-state index in [2.05, 4.69) is 19.5 Å². The second kappa shape index (κ2) is 9.57. The number of nitrogen functional groups attached to an aromatic ring is 1. The summed E-state index contributed by atoms with van der Waals surface area (Å²) in [7, 11) is -4.72. The minimum absolute atomic E-state index is 0.142. The molecule has 16 heteroatoms. The van der Waals surface area contributed by atoms with Crippen molar-refractivity contribution in [3.8, 4) is 0 Å². The van der Waals surface area contributed by atoms with E-state index in [0.29, 0.717) is 5.52 Å². The molecule has 30 heavy (non-hydrogen) atoms. The Balaban J connectivity index is 0.000000396. The van der Waals surface area contributed by atoms with E-state index in [-0.39, 0.29) is 24.7 Å². The number of hydrogen-bond acceptors (Lipinski definition) is 12. The first-order valence-corrected chi connectivity index (χ1v) is 10.1. The van der Waals surface area contributed by atoms with Gasteiger partial charge >= 0.3 is 7.82 Å². The number of hydrogen-bond donors (Lipinski definition) is 8. The number of aromatic nitrogens is 4. The minimum Gasteiger partial charge on any atom is -0.394 e. The highest BCUT2D eigenvalue weighted by Crippen LogP contribution is 2.38. The normalized spacial score (nSPS) is 24.7. The fourth-order valence-electron chi connectivity index (χ4n) is 2.37. The smallest absolute Gasteiger partial charge is 0.394 e. The Labute approximate surface area is 170 Å². The van der Waals surface area contributed by atoms with Gasteiger partial charge in [0.2, 0.25) is 0 Å². The Morgan fingerprint density at radius 2 is 1.87 bits per heavy atom. The van der Waals surface area contributed by atoms with E-state index in [4.69, 9.17) is 36.2 Å². The summed E-state index contributed by atoms with van der Waals surface area (Å²) in [5.41, 5.74) is 10.7. The molecule has 0 amide bonds. The van der Waals surface area contributed by atoms with Gasteiger partial charge in [0.1, 0.15) is 30.2 Å². The van der Waals surface area contributed by atoms with Crippen molar-refractivity contribution in [1.29, 1.82) is 0 Å². The molecule has 0 aromatic carbocycles. The number of anilines is 1. The molecular weight excluding hydrogens is 427 g/mol. The summed E-state index contributed by atoms with van der Waals surface area (Å²) in [5, 5.41) is 36.7. The monoisotopic (exact) mass is 452 g/mol. The molecule has 10 N–H and O–H groups in total. The van der Waals surface area contributed by atoms with Gasteiger partial charge in [-0.2, -0.15) is 0 Å². The summed E-state index contributed by atoms with van der Waals surface area (Å²) in [4.78, 5) is 29.2. The maximum absolute atomic E-state index is 10.7. The van der Waals surface area contributed by atoms with Gasteiger partial charge in [0.05, 0.1) is 31.7 Å². The molecule has 0 aliphatic carbocycles. The van der Waals surface area contributed by atoms with Crippen LogP contribution < -0.4 is 11.5 Å². The van der Waals surface area contributed by atoms with Crippen LogP contribution in [0.25, 0.3) is 11.2 Å². The van der Waals surface area contributed by atoms with Gasteiger partial charge in [-0.05, 0) is 6.92 Å². The van der Waals surface area contributed by atoms with Crippen LogP contribution in [0.2, 0.25) is 0 Å². The van der Waals surface area contributed by atoms with Crippen molar-refractivity contribution in [2.24, 2.45) is 5.73 Å². The Kier molecular flexibility index (Phi) is 7.81. The molecule has 2 aromatic rings. The van der Waals surface area contributed by atoms with Gasteiger partial charge in [-0.1, -0.05) is 0 Å². The number of nitrogens with two attached hydrogens (primary N) is 2. The second-order valence-electron chi connectivity index (χ2n) is 6.89. The van der Waals surface area contributed by atoms with Crippen LogP contribution in [0.3, 0.4) is 0 Å². The number of aliphatic hydroxyl groups excluding tert-OH is 4. The maximum atomic E-state index is 10.7. The molecular formula is C14H25N6O9P. The van der Waals surface area contributed by atoms with Crippen LogP contribution in [-0.4, -0.2) is 93.4 Å². The summed E-state index contributed by atoms with van der Waals surface area (Å²) >= 11 is 0. The predicted octanol–water partition coefficient (Wildman–Crippen LogP) is -3.17. The molecule has 1 aliphatic rings. The van der Waals surface area contributed by atoms with E-state index < -0.39 is 44.5 Å². The third-order valence-electron chi connectivity index (χ3n) is 4.13.